The van der Waals surface area contributed by atoms with E-state index in [0.717, 1.165) is 36.4 Å². The van der Waals surface area contributed by atoms with Crippen LogP contribution >= 0.6 is 0 Å². The number of likely N-dealkylation sites (tertiary alicyclic amines) is 1. The number of rotatable bonds is 6. The fraction of sp³-hybridized carbons (Fsp3) is 0.407. The van der Waals surface area contributed by atoms with E-state index in [2.05, 4.69) is 28.2 Å². The highest BCUT2D eigenvalue weighted by Gasteiger charge is 2.42. The maximum absolute atomic E-state index is 13.6. The standard InChI is InChI=1S/C27H31N3O2/c1-32-24-11-4-7-20(16-24)15-21-9-5-10-22-17-29(19-26(21)22)27(31)25-12-3-2-8-23(25)18-30-14-6-13-28-30/h2-4,6-8,11-14,16,21-22,26H,5,9-10,15,17-19H2,1H3/t21-,22-,26-/m1/s1. The minimum Gasteiger partial charge on any atom is -0.497 e. The molecule has 2 aromatic carbocycles. The quantitative estimate of drug-likeness (QED) is 0.572. The van der Waals surface area contributed by atoms with Crippen LogP contribution in [0.3, 0.4) is 0 Å². The molecule has 2 heterocycles. The van der Waals surface area contributed by atoms with Gasteiger partial charge >= 0.3 is 0 Å². The Balaban J connectivity index is 1.31. The second kappa shape index (κ2) is 9.19. The Kier molecular flexibility index (Phi) is 5.97. The lowest BCUT2D eigenvalue weighted by atomic mass is 9.71. The molecule has 0 N–H and O–H groups in total. The van der Waals surface area contributed by atoms with E-state index in [1.54, 1.807) is 13.3 Å². The zero-order chi connectivity index (χ0) is 21.9. The third-order valence-corrected chi connectivity index (χ3v) is 7.31. The SMILES string of the molecule is COc1cccc(C[C@H]2CCC[C@@H]3CN(C(=O)c4ccccc4Cn4cccn4)C[C@H]23)c1. The third kappa shape index (κ3) is 4.29. The molecule has 166 valence electrons. The average Bonchev–Trinajstić information content (AvgIpc) is 3.49. The van der Waals surface area contributed by atoms with Crippen molar-refractivity contribution in [3.63, 3.8) is 0 Å². The number of carbonyl (C=O) groups excluding carboxylic acids is 1. The van der Waals surface area contributed by atoms with Crippen LogP contribution in [0.4, 0.5) is 0 Å². The van der Waals surface area contributed by atoms with Gasteiger partial charge in [-0.05, 0) is 72.4 Å². The van der Waals surface area contributed by atoms with E-state index in [1.165, 1.54) is 24.8 Å². The lowest BCUT2D eigenvalue weighted by molar-refractivity contribution is 0.0780. The first-order valence-electron chi connectivity index (χ1n) is 11.7. The van der Waals surface area contributed by atoms with Crippen molar-refractivity contribution in [2.75, 3.05) is 20.2 Å². The van der Waals surface area contributed by atoms with Gasteiger partial charge in [-0.15, -0.1) is 0 Å². The zero-order valence-electron chi connectivity index (χ0n) is 18.7. The van der Waals surface area contributed by atoms with Gasteiger partial charge in [0, 0.05) is 31.0 Å². The number of hydrogen-bond donors (Lipinski definition) is 0. The smallest absolute Gasteiger partial charge is 0.254 e. The van der Waals surface area contributed by atoms with Crippen LogP contribution in [-0.2, 0) is 13.0 Å². The number of fused-ring (bicyclic) bond motifs is 1. The average molecular weight is 430 g/mol. The maximum atomic E-state index is 13.6. The topological polar surface area (TPSA) is 47.4 Å². The Morgan fingerprint density at radius 1 is 1.09 bits per heavy atom. The van der Waals surface area contributed by atoms with Crippen molar-refractivity contribution in [2.24, 2.45) is 17.8 Å². The van der Waals surface area contributed by atoms with E-state index in [4.69, 9.17) is 4.74 Å². The Labute approximate surface area is 190 Å². The molecule has 5 heteroatoms. The van der Waals surface area contributed by atoms with Gasteiger partial charge in [-0.25, -0.2) is 0 Å². The lowest BCUT2D eigenvalue weighted by Gasteiger charge is -2.33. The lowest BCUT2D eigenvalue weighted by Crippen LogP contribution is -2.31. The van der Waals surface area contributed by atoms with Gasteiger partial charge in [0.1, 0.15) is 5.75 Å². The van der Waals surface area contributed by atoms with Crippen molar-refractivity contribution in [2.45, 2.75) is 32.2 Å². The third-order valence-electron chi connectivity index (χ3n) is 7.31. The minimum absolute atomic E-state index is 0.169. The van der Waals surface area contributed by atoms with Crippen LogP contribution in [0.25, 0.3) is 0 Å². The van der Waals surface area contributed by atoms with Gasteiger partial charge in [0.15, 0.2) is 0 Å². The highest BCUT2D eigenvalue weighted by molar-refractivity contribution is 5.96. The van der Waals surface area contributed by atoms with Crippen molar-refractivity contribution >= 4 is 5.91 Å². The van der Waals surface area contributed by atoms with Crippen LogP contribution < -0.4 is 4.74 Å². The van der Waals surface area contributed by atoms with Crippen LogP contribution in [0.2, 0.25) is 0 Å². The van der Waals surface area contributed by atoms with E-state index in [-0.39, 0.29) is 5.91 Å². The van der Waals surface area contributed by atoms with Crippen LogP contribution in [0.15, 0.2) is 67.0 Å². The van der Waals surface area contributed by atoms with E-state index in [9.17, 15) is 4.79 Å². The molecule has 1 aliphatic heterocycles. The predicted molar refractivity (Wildman–Crippen MR) is 125 cm³/mol. The number of hydrogen-bond acceptors (Lipinski definition) is 3. The van der Waals surface area contributed by atoms with Gasteiger partial charge in [0.2, 0.25) is 0 Å². The van der Waals surface area contributed by atoms with E-state index in [0.29, 0.717) is 24.3 Å². The van der Waals surface area contributed by atoms with Crippen molar-refractivity contribution in [3.8, 4) is 5.75 Å². The first-order chi connectivity index (χ1) is 15.7. The Hall–Kier alpha value is -3.08. The molecule has 32 heavy (non-hydrogen) atoms. The molecular formula is C27H31N3O2. The summed E-state index contributed by atoms with van der Waals surface area (Å²) in [5.41, 5.74) is 3.18. The van der Waals surface area contributed by atoms with E-state index >= 15 is 0 Å². The molecule has 0 radical (unpaired) electrons. The Morgan fingerprint density at radius 2 is 2.00 bits per heavy atom. The zero-order valence-corrected chi connectivity index (χ0v) is 18.7. The Morgan fingerprint density at radius 3 is 2.84 bits per heavy atom. The predicted octanol–water partition coefficient (Wildman–Crippen LogP) is 4.67. The van der Waals surface area contributed by atoms with Crippen molar-refractivity contribution in [1.29, 1.82) is 0 Å². The highest BCUT2D eigenvalue weighted by Crippen LogP contribution is 2.42. The molecule has 2 aliphatic rings. The normalized spacial score (nSPS) is 22.5. The molecule has 1 saturated heterocycles. The summed E-state index contributed by atoms with van der Waals surface area (Å²) in [4.78, 5) is 15.7. The van der Waals surface area contributed by atoms with Crippen molar-refractivity contribution in [3.05, 3.63) is 83.7 Å². The number of amides is 1. The number of carbonyl (C=O) groups is 1. The van der Waals surface area contributed by atoms with E-state index < -0.39 is 0 Å². The van der Waals surface area contributed by atoms with Crippen LogP contribution in [0, 0.1) is 17.8 Å². The summed E-state index contributed by atoms with van der Waals surface area (Å²) in [5.74, 6) is 2.91. The molecular weight excluding hydrogens is 398 g/mol. The largest absolute Gasteiger partial charge is 0.497 e. The highest BCUT2D eigenvalue weighted by atomic mass is 16.5. The fourth-order valence-electron chi connectivity index (χ4n) is 5.72. The van der Waals surface area contributed by atoms with Crippen LogP contribution in [0.1, 0.15) is 40.7 Å². The van der Waals surface area contributed by atoms with Gasteiger partial charge in [0.05, 0.1) is 13.7 Å². The molecule has 2 fully saturated rings. The molecule has 5 nitrogen and oxygen atoms in total. The molecule has 3 aromatic rings. The molecule has 0 unspecified atom stereocenters. The maximum Gasteiger partial charge on any atom is 0.254 e. The summed E-state index contributed by atoms with van der Waals surface area (Å²) in [7, 11) is 1.72. The summed E-state index contributed by atoms with van der Waals surface area (Å²) in [6, 6.07) is 18.3. The van der Waals surface area contributed by atoms with Crippen LogP contribution in [0.5, 0.6) is 5.75 Å². The number of aromatic nitrogens is 2. The molecule has 1 amide bonds. The van der Waals surface area contributed by atoms with Gasteiger partial charge < -0.3 is 9.64 Å². The molecule has 1 aliphatic carbocycles. The summed E-state index contributed by atoms with van der Waals surface area (Å²) in [6.07, 6.45) is 8.52. The summed E-state index contributed by atoms with van der Waals surface area (Å²) < 4.78 is 7.29. The summed E-state index contributed by atoms with van der Waals surface area (Å²) >= 11 is 0. The molecule has 3 atom stereocenters. The first kappa shape index (κ1) is 20.8. The van der Waals surface area contributed by atoms with E-state index in [1.807, 2.05) is 47.3 Å². The minimum atomic E-state index is 0.169. The molecule has 1 aromatic heterocycles. The summed E-state index contributed by atoms with van der Waals surface area (Å²) in [6.45, 7) is 2.37. The second-order valence-corrected chi connectivity index (χ2v) is 9.24. The molecule has 5 rings (SSSR count). The fourth-order valence-corrected chi connectivity index (χ4v) is 5.72. The molecule has 0 spiro atoms. The van der Waals surface area contributed by atoms with Crippen LogP contribution in [-0.4, -0.2) is 40.8 Å². The monoisotopic (exact) mass is 429 g/mol. The van der Waals surface area contributed by atoms with Gasteiger partial charge in [-0.3, -0.25) is 9.48 Å². The second-order valence-electron chi connectivity index (χ2n) is 9.24. The van der Waals surface area contributed by atoms with Gasteiger partial charge in [0.25, 0.3) is 5.91 Å². The molecule has 0 bridgehead atoms. The summed E-state index contributed by atoms with van der Waals surface area (Å²) in [5, 5.41) is 4.31. The number of ether oxygens (including phenoxy) is 1. The Bertz CT molecular complexity index is 1060. The van der Waals surface area contributed by atoms with Crippen molar-refractivity contribution < 1.29 is 9.53 Å². The first-order valence-corrected chi connectivity index (χ1v) is 11.7. The number of benzene rings is 2. The van der Waals surface area contributed by atoms with Gasteiger partial charge in [-0.1, -0.05) is 36.8 Å². The number of nitrogens with zero attached hydrogens (tertiary/aromatic N) is 3. The van der Waals surface area contributed by atoms with Crippen molar-refractivity contribution in [1.82, 2.24) is 14.7 Å². The van der Waals surface area contributed by atoms with Gasteiger partial charge in [-0.2, -0.15) is 5.10 Å². The molecule has 1 saturated carbocycles. The number of methoxy groups -OCH3 is 1.